The topological polar surface area (TPSA) is 135 Å². The molecule has 1 aliphatic carbocycles. The van der Waals surface area contributed by atoms with Crippen molar-refractivity contribution in [3.8, 4) is 11.5 Å². The van der Waals surface area contributed by atoms with Gasteiger partial charge in [-0.15, -0.1) is 0 Å². The molecule has 10 nitrogen and oxygen atoms in total. The summed E-state index contributed by atoms with van der Waals surface area (Å²) in [4.78, 5) is 41.0. The number of amides is 1. The molecular formula is C25H30N4O6. The predicted molar refractivity (Wildman–Crippen MR) is 128 cm³/mol. The number of aromatic nitrogens is 2. The summed E-state index contributed by atoms with van der Waals surface area (Å²) >= 11 is 0. The molecule has 0 spiro atoms. The van der Waals surface area contributed by atoms with Gasteiger partial charge in [-0.25, -0.2) is 4.98 Å². The summed E-state index contributed by atoms with van der Waals surface area (Å²) in [5.41, 5.74) is 1.34. The molecule has 1 fully saturated rings. The van der Waals surface area contributed by atoms with E-state index in [1.165, 1.54) is 6.26 Å². The fourth-order valence-corrected chi connectivity index (χ4v) is 4.62. The van der Waals surface area contributed by atoms with Crippen molar-refractivity contribution in [2.24, 2.45) is 5.92 Å². The largest absolute Gasteiger partial charge is 0.481 e. The fraction of sp³-hybridized carbons (Fsp3) is 0.440. The Labute approximate surface area is 202 Å². The Morgan fingerprint density at radius 3 is 2.74 bits per heavy atom. The van der Waals surface area contributed by atoms with Crippen molar-refractivity contribution in [2.45, 2.75) is 51.5 Å². The lowest BCUT2D eigenvalue weighted by Gasteiger charge is -2.30. The third-order valence-corrected chi connectivity index (χ3v) is 6.28. The van der Waals surface area contributed by atoms with E-state index in [2.05, 4.69) is 15.6 Å². The lowest BCUT2D eigenvalue weighted by Crippen LogP contribution is -2.42. The summed E-state index contributed by atoms with van der Waals surface area (Å²) in [6.07, 6.45) is 8.18. The van der Waals surface area contributed by atoms with Gasteiger partial charge in [0.1, 0.15) is 23.7 Å². The van der Waals surface area contributed by atoms with Gasteiger partial charge >= 0.3 is 11.9 Å². The molecule has 4 rings (SSSR count). The van der Waals surface area contributed by atoms with Gasteiger partial charge < -0.3 is 24.9 Å². The highest BCUT2D eigenvalue weighted by Gasteiger charge is 2.28. The third kappa shape index (κ3) is 5.82. The van der Waals surface area contributed by atoms with Gasteiger partial charge in [-0.1, -0.05) is 19.3 Å². The molecule has 0 saturated heterocycles. The SMILES string of the molecule is CCOC(=O)CNc1c(-c2ccco2)nc2cc(C(=O)NC(CC(=O)O)C3CCCCC3)ccn12. The number of imidazole rings is 1. The molecular weight excluding hydrogens is 452 g/mol. The first-order valence-electron chi connectivity index (χ1n) is 11.9. The monoisotopic (exact) mass is 482 g/mol. The molecule has 0 aliphatic heterocycles. The number of furan rings is 1. The molecule has 1 unspecified atom stereocenters. The number of hydrogen-bond donors (Lipinski definition) is 3. The van der Waals surface area contributed by atoms with Crippen LogP contribution in [0.25, 0.3) is 17.1 Å². The van der Waals surface area contributed by atoms with Gasteiger partial charge in [0.05, 0.1) is 19.3 Å². The van der Waals surface area contributed by atoms with Crippen LogP contribution in [0.15, 0.2) is 41.1 Å². The van der Waals surface area contributed by atoms with Crippen LogP contribution in [0.5, 0.6) is 0 Å². The summed E-state index contributed by atoms with van der Waals surface area (Å²) < 4.78 is 12.2. The van der Waals surface area contributed by atoms with Crippen molar-refractivity contribution < 1.29 is 28.6 Å². The number of anilines is 1. The summed E-state index contributed by atoms with van der Waals surface area (Å²) in [6, 6.07) is 6.35. The molecule has 186 valence electrons. The van der Waals surface area contributed by atoms with E-state index in [4.69, 9.17) is 9.15 Å². The molecule has 3 aromatic rings. The van der Waals surface area contributed by atoms with E-state index in [1.54, 1.807) is 41.8 Å². The minimum absolute atomic E-state index is 0.0597. The number of esters is 1. The molecule has 3 N–H and O–H groups in total. The van der Waals surface area contributed by atoms with Crippen molar-refractivity contribution in [2.75, 3.05) is 18.5 Å². The van der Waals surface area contributed by atoms with E-state index in [0.29, 0.717) is 28.5 Å². The Morgan fingerprint density at radius 1 is 1.26 bits per heavy atom. The predicted octanol–water partition coefficient (Wildman–Crippen LogP) is 3.72. The number of carbonyl (C=O) groups excluding carboxylic acids is 2. The van der Waals surface area contributed by atoms with Gasteiger partial charge in [0.25, 0.3) is 5.91 Å². The molecule has 1 amide bonds. The lowest BCUT2D eigenvalue weighted by atomic mass is 9.82. The van der Waals surface area contributed by atoms with Gasteiger partial charge in [0, 0.05) is 17.8 Å². The molecule has 1 aliphatic rings. The Bertz CT molecular complexity index is 1180. The summed E-state index contributed by atoms with van der Waals surface area (Å²) in [7, 11) is 0. The molecule has 1 atom stereocenters. The second-order valence-electron chi connectivity index (χ2n) is 8.66. The third-order valence-electron chi connectivity index (χ3n) is 6.28. The highest BCUT2D eigenvalue weighted by atomic mass is 16.5. The van der Waals surface area contributed by atoms with Crippen molar-refractivity contribution in [1.29, 1.82) is 0 Å². The number of fused-ring (bicyclic) bond motifs is 1. The van der Waals surface area contributed by atoms with Crippen molar-refractivity contribution in [3.05, 3.63) is 42.3 Å². The van der Waals surface area contributed by atoms with Crippen LogP contribution in [0.2, 0.25) is 0 Å². The van der Waals surface area contributed by atoms with Crippen LogP contribution < -0.4 is 10.6 Å². The lowest BCUT2D eigenvalue weighted by molar-refractivity contribution is -0.141. The zero-order chi connectivity index (χ0) is 24.8. The van der Waals surface area contributed by atoms with E-state index >= 15 is 0 Å². The standard InChI is InChI=1S/C25H30N4O6/c1-2-34-22(32)15-26-24-23(19-9-6-12-35-19)28-20-13-17(10-11-29(20)24)25(33)27-18(14-21(30)31)16-7-4-3-5-8-16/h6,9-13,16,18,26H,2-5,7-8,14-15H2,1H3,(H,27,33)(H,30,31). The van der Waals surface area contributed by atoms with E-state index in [9.17, 15) is 19.5 Å². The van der Waals surface area contributed by atoms with Crippen molar-refractivity contribution >= 4 is 29.3 Å². The highest BCUT2D eigenvalue weighted by molar-refractivity contribution is 5.96. The number of hydrogen-bond acceptors (Lipinski definition) is 7. The fourth-order valence-electron chi connectivity index (χ4n) is 4.62. The van der Waals surface area contributed by atoms with E-state index in [0.717, 1.165) is 32.1 Å². The number of carbonyl (C=O) groups is 3. The van der Waals surface area contributed by atoms with E-state index in [1.807, 2.05) is 0 Å². The molecule has 0 radical (unpaired) electrons. The number of pyridine rings is 1. The smallest absolute Gasteiger partial charge is 0.325 e. The minimum atomic E-state index is -0.926. The van der Waals surface area contributed by atoms with Gasteiger partial charge in [0.15, 0.2) is 5.76 Å². The molecule has 35 heavy (non-hydrogen) atoms. The number of ether oxygens (including phenoxy) is 1. The highest BCUT2D eigenvalue weighted by Crippen LogP contribution is 2.30. The maximum Gasteiger partial charge on any atom is 0.325 e. The molecule has 10 heteroatoms. The molecule has 1 saturated carbocycles. The van der Waals surface area contributed by atoms with Gasteiger partial charge in [0.2, 0.25) is 0 Å². The Hall–Kier alpha value is -3.82. The Morgan fingerprint density at radius 2 is 2.06 bits per heavy atom. The van der Waals surface area contributed by atoms with Crippen molar-refractivity contribution in [1.82, 2.24) is 14.7 Å². The van der Waals surface area contributed by atoms with Gasteiger partial charge in [-0.05, 0) is 49.9 Å². The maximum atomic E-state index is 13.1. The average Bonchev–Trinajstić information content (AvgIpc) is 3.50. The minimum Gasteiger partial charge on any atom is -0.481 e. The van der Waals surface area contributed by atoms with Gasteiger partial charge in [-0.2, -0.15) is 0 Å². The van der Waals surface area contributed by atoms with Crippen LogP contribution in [0, 0.1) is 5.92 Å². The van der Waals surface area contributed by atoms with Crippen LogP contribution in [-0.2, 0) is 14.3 Å². The molecule has 0 bridgehead atoms. The average molecular weight is 483 g/mol. The zero-order valence-electron chi connectivity index (χ0n) is 19.7. The summed E-state index contributed by atoms with van der Waals surface area (Å²) in [5, 5.41) is 15.4. The van der Waals surface area contributed by atoms with Crippen LogP contribution in [0.4, 0.5) is 5.82 Å². The first-order chi connectivity index (χ1) is 17.0. The van der Waals surface area contributed by atoms with Crippen LogP contribution in [0.3, 0.4) is 0 Å². The first kappa shape index (κ1) is 24.3. The number of aliphatic carboxylic acids is 1. The van der Waals surface area contributed by atoms with Crippen LogP contribution >= 0.6 is 0 Å². The summed E-state index contributed by atoms with van der Waals surface area (Å²) in [6.45, 7) is 1.96. The number of carboxylic acids is 1. The number of rotatable bonds is 10. The van der Waals surface area contributed by atoms with Crippen LogP contribution in [-0.4, -0.2) is 51.5 Å². The first-order valence-corrected chi connectivity index (χ1v) is 11.9. The zero-order valence-corrected chi connectivity index (χ0v) is 19.7. The molecule has 3 heterocycles. The van der Waals surface area contributed by atoms with Gasteiger partial charge in [-0.3, -0.25) is 18.8 Å². The van der Waals surface area contributed by atoms with E-state index < -0.39 is 18.0 Å². The number of carboxylic acid groups (broad SMARTS) is 1. The Kier molecular flexibility index (Phi) is 7.69. The number of nitrogens with zero attached hydrogens (tertiary/aromatic N) is 2. The van der Waals surface area contributed by atoms with Crippen LogP contribution in [0.1, 0.15) is 55.8 Å². The number of nitrogens with one attached hydrogen (secondary N) is 2. The van der Waals surface area contributed by atoms with E-state index in [-0.39, 0.29) is 31.4 Å². The molecule has 0 aromatic carbocycles. The summed E-state index contributed by atoms with van der Waals surface area (Å²) in [5.74, 6) is -0.483. The van der Waals surface area contributed by atoms with Crippen molar-refractivity contribution in [3.63, 3.8) is 0 Å². The maximum absolute atomic E-state index is 13.1. The quantitative estimate of drug-likeness (QED) is 0.372. The second-order valence-corrected chi connectivity index (χ2v) is 8.66. The normalized spacial score (nSPS) is 15.0. The Balaban J connectivity index is 1.59. The molecule has 3 aromatic heterocycles. The second kappa shape index (κ2) is 11.1.